The molecule has 8 heteroatoms. The number of pyridine rings is 1. The number of carbonyl (C=O) groups is 1. The highest BCUT2D eigenvalue weighted by Gasteiger charge is 2.47. The van der Waals surface area contributed by atoms with Gasteiger partial charge in [0.2, 0.25) is 0 Å². The minimum atomic E-state index is -4.79. The van der Waals surface area contributed by atoms with Crippen molar-refractivity contribution < 1.29 is 22.7 Å². The number of nitrogens with one attached hydrogen (secondary N) is 1. The maximum Gasteiger partial charge on any atom is 0.573 e. The third-order valence-electron chi connectivity index (χ3n) is 3.68. The smallest absolute Gasteiger partial charge is 0.405 e. The van der Waals surface area contributed by atoms with E-state index in [0.717, 1.165) is 24.6 Å². The first-order valence-electron chi connectivity index (χ1n) is 7.08. The Balaban J connectivity index is 1.75. The molecule has 1 heterocycles. The van der Waals surface area contributed by atoms with E-state index in [-0.39, 0.29) is 15.9 Å². The molecule has 1 fully saturated rings. The van der Waals surface area contributed by atoms with Crippen molar-refractivity contribution in [2.24, 2.45) is 0 Å². The quantitative estimate of drug-likeness (QED) is 0.837. The number of hydrogen-bond acceptors (Lipinski definition) is 3. The summed E-state index contributed by atoms with van der Waals surface area (Å²) in [5, 5.41) is 2.91. The molecule has 24 heavy (non-hydrogen) atoms. The first-order chi connectivity index (χ1) is 11.3. The third-order valence-corrected chi connectivity index (χ3v) is 4.30. The molecule has 1 aliphatic rings. The van der Waals surface area contributed by atoms with Crippen molar-refractivity contribution in [3.8, 4) is 5.75 Å². The van der Waals surface area contributed by atoms with E-state index in [2.05, 4.69) is 31.0 Å². The average molecular weight is 401 g/mol. The highest BCUT2D eigenvalue weighted by molar-refractivity contribution is 9.10. The van der Waals surface area contributed by atoms with Crippen molar-refractivity contribution in [1.29, 1.82) is 0 Å². The predicted octanol–water partition coefficient (Wildman–Crippen LogP) is 4.16. The van der Waals surface area contributed by atoms with Crippen LogP contribution in [0.15, 0.2) is 47.1 Å². The van der Waals surface area contributed by atoms with Crippen molar-refractivity contribution in [3.63, 3.8) is 0 Å². The molecule has 1 saturated carbocycles. The molecular formula is C16H12BrF3N2O2. The molecule has 2 aromatic rings. The number of ether oxygens (including phenoxy) is 1. The molecule has 4 nitrogen and oxygen atoms in total. The summed E-state index contributed by atoms with van der Waals surface area (Å²) in [7, 11) is 0. The lowest BCUT2D eigenvalue weighted by atomic mass is 10.1. The van der Waals surface area contributed by atoms with Gasteiger partial charge in [0.05, 0.1) is 15.7 Å². The number of alkyl halides is 3. The second-order valence-corrected chi connectivity index (χ2v) is 6.30. The Morgan fingerprint density at radius 1 is 1.25 bits per heavy atom. The molecule has 0 bridgehead atoms. The maximum atomic E-state index is 12.4. The highest BCUT2D eigenvalue weighted by atomic mass is 79.9. The van der Waals surface area contributed by atoms with Crippen molar-refractivity contribution >= 4 is 21.8 Å². The van der Waals surface area contributed by atoms with Crippen LogP contribution < -0.4 is 10.1 Å². The Kier molecular flexibility index (Phi) is 4.25. The molecule has 1 aliphatic carbocycles. The summed E-state index contributed by atoms with van der Waals surface area (Å²) in [6.07, 6.45) is -1.59. The molecule has 3 rings (SSSR count). The minimum Gasteiger partial charge on any atom is -0.405 e. The van der Waals surface area contributed by atoms with Gasteiger partial charge in [0.1, 0.15) is 5.75 Å². The first-order valence-corrected chi connectivity index (χ1v) is 7.88. The van der Waals surface area contributed by atoms with E-state index in [9.17, 15) is 18.0 Å². The number of hydrogen-bond donors (Lipinski definition) is 1. The summed E-state index contributed by atoms with van der Waals surface area (Å²) in [5.41, 5.74) is 0.513. The number of rotatable bonds is 4. The second kappa shape index (κ2) is 6.08. The predicted molar refractivity (Wildman–Crippen MR) is 83.4 cm³/mol. The van der Waals surface area contributed by atoms with Gasteiger partial charge in [-0.05, 0) is 59.1 Å². The van der Waals surface area contributed by atoms with Crippen LogP contribution in [0.4, 0.5) is 13.2 Å². The lowest BCUT2D eigenvalue weighted by Gasteiger charge is -2.17. The van der Waals surface area contributed by atoms with E-state index in [4.69, 9.17) is 0 Å². The fraction of sp³-hybridized carbons (Fsp3) is 0.250. The molecule has 126 valence electrons. The van der Waals surface area contributed by atoms with Gasteiger partial charge >= 0.3 is 6.36 Å². The van der Waals surface area contributed by atoms with E-state index in [1.54, 1.807) is 12.3 Å². The Morgan fingerprint density at radius 2 is 2.00 bits per heavy atom. The molecule has 0 atom stereocenters. The van der Waals surface area contributed by atoms with Crippen molar-refractivity contribution in [1.82, 2.24) is 10.3 Å². The summed E-state index contributed by atoms with van der Waals surface area (Å²) in [6.45, 7) is 0. The molecule has 1 N–H and O–H groups in total. The van der Waals surface area contributed by atoms with E-state index in [1.807, 2.05) is 12.1 Å². The van der Waals surface area contributed by atoms with E-state index < -0.39 is 17.7 Å². The molecule has 1 aromatic carbocycles. The Bertz CT molecular complexity index is 762. The number of aromatic nitrogens is 1. The van der Waals surface area contributed by atoms with Gasteiger partial charge in [-0.3, -0.25) is 9.78 Å². The average Bonchev–Trinajstić information content (AvgIpc) is 3.30. The lowest BCUT2D eigenvalue weighted by molar-refractivity contribution is -0.274. The number of halogens is 4. The van der Waals surface area contributed by atoms with Crippen LogP contribution in [0, 0.1) is 0 Å². The SMILES string of the molecule is O=C(NC1(c2ccccn2)CC1)c1ccc(OC(F)(F)F)c(Br)c1. The summed E-state index contributed by atoms with van der Waals surface area (Å²) >= 11 is 2.99. The van der Waals surface area contributed by atoms with Crippen LogP contribution in [-0.2, 0) is 5.54 Å². The summed E-state index contributed by atoms with van der Waals surface area (Å²) in [5.74, 6) is -0.776. The van der Waals surface area contributed by atoms with Gasteiger partial charge in [0, 0.05) is 11.8 Å². The van der Waals surface area contributed by atoms with Crippen LogP contribution in [0.25, 0.3) is 0 Å². The maximum absolute atomic E-state index is 12.4. The van der Waals surface area contributed by atoms with E-state index in [1.165, 1.54) is 12.1 Å². The first kappa shape index (κ1) is 16.8. The zero-order chi connectivity index (χ0) is 17.4. The lowest BCUT2D eigenvalue weighted by Crippen LogP contribution is -2.35. The second-order valence-electron chi connectivity index (χ2n) is 5.44. The Labute approximate surface area is 144 Å². The van der Waals surface area contributed by atoms with E-state index >= 15 is 0 Å². The van der Waals surface area contributed by atoms with Crippen LogP contribution in [0.2, 0.25) is 0 Å². The molecule has 0 aliphatic heterocycles. The fourth-order valence-corrected chi connectivity index (χ4v) is 2.81. The number of carbonyl (C=O) groups excluding carboxylic acids is 1. The summed E-state index contributed by atoms with van der Waals surface area (Å²) in [4.78, 5) is 16.7. The van der Waals surface area contributed by atoms with Gasteiger partial charge in [0.25, 0.3) is 5.91 Å². The van der Waals surface area contributed by atoms with Crippen LogP contribution in [-0.4, -0.2) is 17.3 Å². The highest BCUT2D eigenvalue weighted by Crippen LogP contribution is 2.44. The third kappa shape index (κ3) is 3.69. The van der Waals surface area contributed by atoms with Crippen LogP contribution in [0.3, 0.4) is 0 Å². The van der Waals surface area contributed by atoms with E-state index in [0.29, 0.717) is 0 Å². The Morgan fingerprint density at radius 3 is 2.54 bits per heavy atom. The van der Waals surface area contributed by atoms with Crippen molar-refractivity contribution in [2.75, 3.05) is 0 Å². The topological polar surface area (TPSA) is 51.2 Å². The summed E-state index contributed by atoms with van der Waals surface area (Å²) in [6, 6.07) is 9.16. The number of nitrogens with zero attached hydrogens (tertiary/aromatic N) is 1. The number of amides is 1. The van der Waals surface area contributed by atoms with Crippen LogP contribution >= 0.6 is 15.9 Å². The molecule has 0 unspecified atom stereocenters. The zero-order valence-electron chi connectivity index (χ0n) is 12.2. The minimum absolute atomic E-state index is 0.0511. The van der Waals surface area contributed by atoms with Crippen molar-refractivity contribution in [2.45, 2.75) is 24.7 Å². The van der Waals surface area contributed by atoms with Crippen LogP contribution in [0.5, 0.6) is 5.75 Å². The van der Waals surface area contributed by atoms with Crippen molar-refractivity contribution in [3.05, 3.63) is 58.3 Å². The monoisotopic (exact) mass is 400 g/mol. The van der Waals surface area contributed by atoms with Gasteiger partial charge in [-0.15, -0.1) is 13.2 Å². The molecule has 1 amide bonds. The molecule has 0 saturated heterocycles. The molecule has 1 aromatic heterocycles. The summed E-state index contributed by atoms with van der Waals surface area (Å²) < 4.78 is 40.7. The number of benzene rings is 1. The largest absolute Gasteiger partial charge is 0.573 e. The van der Waals surface area contributed by atoms with Gasteiger partial charge in [-0.25, -0.2) is 0 Å². The van der Waals surface area contributed by atoms with Gasteiger partial charge in [-0.2, -0.15) is 0 Å². The van der Waals surface area contributed by atoms with Gasteiger partial charge in [-0.1, -0.05) is 6.07 Å². The molecule has 0 spiro atoms. The fourth-order valence-electron chi connectivity index (χ4n) is 2.36. The normalized spacial score (nSPS) is 15.7. The van der Waals surface area contributed by atoms with Gasteiger partial charge in [0.15, 0.2) is 0 Å². The Hall–Kier alpha value is -2.09. The molecule has 0 radical (unpaired) electrons. The standard InChI is InChI=1S/C16H12BrF3N2O2/c17-11-9-10(4-5-12(11)24-16(18,19)20)14(23)22-15(6-7-15)13-3-1-2-8-21-13/h1-5,8-9H,6-7H2,(H,22,23). The molecular weight excluding hydrogens is 389 g/mol. The zero-order valence-corrected chi connectivity index (χ0v) is 13.8. The van der Waals surface area contributed by atoms with Gasteiger partial charge < -0.3 is 10.1 Å². The van der Waals surface area contributed by atoms with Crippen LogP contribution in [0.1, 0.15) is 28.9 Å².